The number of Topliss-reactive ketones (excluding diaryl/α,β-unsaturated/α-hetero) is 1. The van der Waals surface area contributed by atoms with Crippen LogP contribution in [0.2, 0.25) is 0 Å². The third kappa shape index (κ3) is 4.51. The molecular formula is C27H26BrN3O2S. The molecule has 2 heterocycles. The van der Waals surface area contributed by atoms with Gasteiger partial charge in [-0.1, -0.05) is 83.5 Å². The summed E-state index contributed by atoms with van der Waals surface area (Å²) in [4.78, 5) is 34.5. The number of nitrogens with zero attached hydrogens (tertiary/aromatic N) is 1. The number of aromatic amines is 1. The van der Waals surface area contributed by atoms with Gasteiger partial charge < -0.3 is 10.3 Å². The van der Waals surface area contributed by atoms with E-state index in [0.717, 1.165) is 22.2 Å². The molecule has 0 fully saturated rings. The number of carbonyl (C=O) groups is 1. The molecule has 2 aliphatic rings. The average molecular weight is 536 g/mol. The number of carbonyl (C=O) groups excluding carboxylic acids is 1. The third-order valence-corrected chi connectivity index (χ3v) is 7.83. The van der Waals surface area contributed by atoms with Gasteiger partial charge in [0, 0.05) is 33.8 Å². The van der Waals surface area contributed by atoms with E-state index in [1.807, 2.05) is 30.3 Å². The van der Waals surface area contributed by atoms with Crippen LogP contribution < -0.4 is 10.9 Å². The number of nitrogens with one attached hydrogen (secondary N) is 2. The lowest BCUT2D eigenvalue weighted by molar-refractivity contribution is -0.118. The van der Waals surface area contributed by atoms with Gasteiger partial charge in [-0.15, -0.1) is 0 Å². The second-order valence-electron chi connectivity index (χ2n) is 9.85. The molecule has 1 atom stereocenters. The van der Waals surface area contributed by atoms with Crippen molar-refractivity contribution in [3.63, 3.8) is 0 Å². The molecule has 1 aromatic heterocycles. The zero-order valence-corrected chi connectivity index (χ0v) is 21.8. The predicted molar refractivity (Wildman–Crippen MR) is 140 cm³/mol. The fourth-order valence-electron chi connectivity index (χ4n) is 4.90. The Morgan fingerprint density at radius 3 is 2.62 bits per heavy atom. The Hall–Kier alpha value is -2.64. The number of fused-ring (bicyclic) bond motifs is 1. The van der Waals surface area contributed by atoms with E-state index in [2.05, 4.69) is 65.2 Å². The molecule has 34 heavy (non-hydrogen) atoms. The second kappa shape index (κ2) is 8.86. The number of thioether (sulfide) groups is 1. The molecule has 0 unspecified atom stereocenters. The van der Waals surface area contributed by atoms with Gasteiger partial charge in [-0.2, -0.15) is 0 Å². The van der Waals surface area contributed by atoms with E-state index in [1.54, 1.807) is 0 Å². The van der Waals surface area contributed by atoms with Gasteiger partial charge in [0.1, 0.15) is 5.82 Å². The van der Waals surface area contributed by atoms with Crippen molar-refractivity contribution in [3.8, 4) is 0 Å². The largest absolute Gasteiger partial charge is 0.343 e. The van der Waals surface area contributed by atoms with Gasteiger partial charge in [0.2, 0.25) is 0 Å². The molecule has 1 aliphatic carbocycles. The van der Waals surface area contributed by atoms with Crippen molar-refractivity contribution in [1.82, 2.24) is 9.97 Å². The molecule has 0 saturated carbocycles. The van der Waals surface area contributed by atoms with Crippen molar-refractivity contribution in [1.29, 1.82) is 0 Å². The minimum atomic E-state index is -0.435. The molecule has 0 spiro atoms. The number of aryl methyl sites for hydroxylation is 1. The SMILES string of the molecule is Cc1cccc(CSc2nc3c(c(=O)[nH]2)[C@@H](c2ccc(Br)cc2)C2=C(CC(C)(C)CC2=O)N3)c1. The summed E-state index contributed by atoms with van der Waals surface area (Å²) in [7, 11) is 0. The quantitative estimate of drug-likeness (QED) is 0.301. The topological polar surface area (TPSA) is 74.8 Å². The van der Waals surface area contributed by atoms with Gasteiger partial charge in [0.25, 0.3) is 5.56 Å². The van der Waals surface area contributed by atoms with Crippen LogP contribution in [0.25, 0.3) is 0 Å². The Bertz CT molecular complexity index is 1380. The third-order valence-electron chi connectivity index (χ3n) is 6.36. The highest BCUT2D eigenvalue weighted by atomic mass is 79.9. The maximum absolute atomic E-state index is 13.4. The average Bonchev–Trinajstić information content (AvgIpc) is 2.76. The van der Waals surface area contributed by atoms with Crippen molar-refractivity contribution < 1.29 is 4.79 Å². The summed E-state index contributed by atoms with van der Waals surface area (Å²) in [6.45, 7) is 6.28. The monoisotopic (exact) mass is 535 g/mol. The zero-order chi connectivity index (χ0) is 24.0. The smallest absolute Gasteiger partial charge is 0.257 e. The molecule has 174 valence electrons. The summed E-state index contributed by atoms with van der Waals surface area (Å²) in [5.41, 5.74) is 5.03. The molecule has 0 amide bonds. The highest BCUT2D eigenvalue weighted by Crippen LogP contribution is 2.47. The van der Waals surface area contributed by atoms with Gasteiger partial charge in [0.15, 0.2) is 10.9 Å². The van der Waals surface area contributed by atoms with Crippen LogP contribution in [-0.4, -0.2) is 15.8 Å². The first-order valence-corrected chi connectivity index (χ1v) is 13.1. The van der Waals surface area contributed by atoms with Crippen molar-refractivity contribution in [2.45, 2.75) is 50.4 Å². The van der Waals surface area contributed by atoms with Crippen LogP contribution in [0.1, 0.15) is 54.9 Å². The summed E-state index contributed by atoms with van der Waals surface area (Å²) in [5, 5.41) is 3.96. The normalized spacial score (nSPS) is 18.8. The van der Waals surface area contributed by atoms with Crippen LogP contribution in [0.15, 0.2) is 74.2 Å². The Labute approximate surface area is 211 Å². The molecule has 0 radical (unpaired) electrons. The molecule has 0 bridgehead atoms. The Kier molecular flexibility index (Phi) is 6.02. The van der Waals surface area contributed by atoms with Crippen LogP contribution >= 0.6 is 27.7 Å². The number of halogens is 1. The number of anilines is 1. The van der Waals surface area contributed by atoms with Crippen LogP contribution in [-0.2, 0) is 10.5 Å². The molecule has 2 aromatic carbocycles. The first-order chi connectivity index (χ1) is 16.2. The number of H-pyrrole nitrogens is 1. The van der Waals surface area contributed by atoms with E-state index in [1.165, 1.54) is 22.9 Å². The maximum atomic E-state index is 13.4. The predicted octanol–water partition coefficient (Wildman–Crippen LogP) is 6.33. The first-order valence-electron chi connectivity index (χ1n) is 11.3. The number of aromatic nitrogens is 2. The van der Waals surface area contributed by atoms with E-state index >= 15 is 0 Å². The van der Waals surface area contributed by atoms with E-state index in [4.69, 9.17) is 4.98 Å². The summed E-state index contributed by atoms with van der Waals surface area (Å²) in [5.74, 6) is 0.913. The lowest BCUT2D eigenvalue weighted by Crippen LogP contribution is -2.37. The number of allylic oxidation sites excluding steroid dienone is 2. The molecule has 3 aromatic rings. The lowest BCUT2D eigenvalue weighted by Gasteiger charge is -2.38. The molecule has 0 saturated heterocycles. The van der Waals surface area contributed by atoms with Crippen molar-refractivity contribution >= 4 is 39.3 Å². The summed E-state index contributed by atoms with van der Waals surface area (Å²) < 4.78 is 0.950. The highest BCUT2D eigenvalue weighted by molar-refractivity contribution is 9.10. The number of rotatable bonds is 4. The van der Waals surface area contributed by atoms with Gasteiger partial charge >= 0.3 is 0 Å². The van der Waals surface area contributed by atoms with E-state index in [-0.39, 0.29) is 16.8 Å². The maximum Gasteiger partial charge on any atom is 0.257 e. The minimum Gasteiger partial charge on any atom is -0.343 e. The summed E-state index contributed by atoms with van der Waals surface area (Å²) in [6, 6.07) is 16.2. The number of benzene rings is 2. The van der Waals surface area contributed by atoms with E-state index in [9.17, 15) is 9.59 Å². The van der Waals surface area contributed by atoms with Crippen LogP contribution in [0.4, 0.5) is 5.82 Å². The van der Waals surface area contributed by atoms with Gasteiger partial charge in [-0.3, -0.25) is 9.59 Å². The first kappa shape index (κ1) is 23.1. The fraction of sp³-hybridized carbons (Fsp3) is 0.296. The van der Waals surface area contributed by atoms with Crippen molar-refractivity contribution in [2.24, 2.45) is 5.41 Å². The minimum absolute atomic E-state index is 0.0922. The zero-order valence-electron chi connectivity index (χ0n) is 19.4. The van der Waals surface area contributed by atoms with Gasteiger partial charge in [0.05, 0.1) is 5.56 Å². The van der Waals surface area contributed by atoms with Gasteiger partial charge in [-0.05, 0) is 42.0 Å². The van der Waals surface area contributed by atoms with Crippen LogP contribution in [0, 0.1) is 12.3 Å². The number of ketones is 1. The van der Waals surface area contributed by atoms with Crippen molar-refractivity contribution in [2.75, 3.05) is 5.32 Å². The molecule has 5 rings (SSSR count). The second-order valence-corrected chi connectivity index (χ2v) is 11.7. The molecule has 5 nitrogen and oxygen atoms in total. The summed E-state index contributed by atoms with van der Waals surface area (Å²) >= 11 is 4.99. The Morgan fingerprint density at radius 2 is 1.88 bits per heavy atom. The van der Waals surface area contributed by atoms with Gasteiger partial charge in [-0.25, -0.2) is 4.98 Å². The molecule has 2 N–H and O–H groups in total. The standard InChI is InChI=1S/C27H26BrN3O2S/c1-15-5-4-6-16(11-15)14-34-26-30-24-23(25(33)31-26)21(17-7-9-18(28)10-8-17)22-19(29-24)12-27(2,3)13-20(22)32/h4-11,21H,12-14H2,1-3H3,(H2,29,30,31,33)/t21-/m0/s1. The van der Waals surface area contributed by atoms with E-state index < -0.39 is 5.92 Å². The molecular weight excluding hydrogens is 510 g/mol. The number of hydrogen-bond acceptors (Lipinski definition) is 5. The fourth-order valence-corrected chi connectivity index (χ4v) is 5.97. The molecule has 1 aliphatic heterocycles. The van der Waals surface area contributed by atoms with Crippen molar-refractivity contribution in [3.05, 3.63) is 96.9 Å². The number of hydrogen-bond donors (Lipinski definition) is 2. The van der Waals surface area contributed by atoms with Crippen LogP contribution in [0.3, 0.4) is 0 Å². The molecule has 7 heteroatoms. The Balaban J connectivity index is 1.58. The Morgan fingerprint density at radius 1 is 1.12 bits per heavy atom. The highest BCUT2D eigenvalue weighted by Gasteiger charge is 2.42. The van der Waals surface area contributed by atoms with E-state index in [0.29, 0.717) is 34.3 Å². The summed E-state index contributed by atoms with van der Waals surface area (Å²) in [6.07, 6.45) is 1.20. The lowest BCUT2D eigenvalue weighted by atomic mass is 9.69. The van der Waals surface area contributed by atoms with Crippen LogP contribution in [0.5, 0.6) is 0 Å².